The molecule has 2 fully saturated rings. The number of rotatable bonds is 15. The highest BCUT2D eigenvalue weighted by Crippen LogP contribution is 2.63. The molecular weight excluding hydrogens is 660 g/mol. The number of halogens is 10. The van der Waals surface area contributed by atoms with Crippen molar-refractivity contribution in [1.29, 1.82) is 0 Å². The molecular formula is C34H47F10NO3. The summed E-state index contributed by atoms with van der Waals surface area (Å²) in [6.45, 7) is 2.34. The summed E-state index contributed by atoms with van der Waals surface area (Å²) < 4.78 is 132. The average molecular weight is 708 g/mol. The molecule has 3 aliphatic carbocycles. The van der Waals surface area contributed by atoms with E-state index in [1.54, 1.807) is 12.1 Å². The van der Waals surface area contributed by atoms with Crippen LogP contribution >= 0.6 is 0 Å². The van der Waals surface area contributed by atoms with Crippen LogP contribution in [0.4, 0.5) is 43.9 Å². The summed E-state index contributed by atoms with van der Waals surface area (Å²) in [5.74, 6) is -18.8. The first-order chi connectivity index (χ1) is 22.1. The van der Waals surface area contributed by atoms with E-state index in [-0.39, 0.29) is 61.8 Å². The molecule has 276 valence electrons. The van der Waals surface area contributed by atoms with Crippen LogP contribution in [0.25, 0.3) is 0 Å². The van der Waals surface area contributed by atoms with Crippen LogP contribution in [0.15, 0.2) is 18.2 Å². The number of phenols is 1. The molecule has 4 nitrogen and oxygen atoms in total. The lowest BCUT2D eigenvalue weighted by Gasteiger charge is -2.54. The van der Waals surface area contributed by atoms with Crippen LogP contribution in [0, 0.1) is 28.4 Å². The second kappa shape index (κ2) is 14.1. The molecule has 0 bridgehead atoms. The first-order valence-corrected chi connectivity index (χ1v) is 17.0. The molecule has 14 heteroatoms. The molecule has 0 aliphatic heterocycles. The number of aromatic hydroxyl groups is 1. The zero-order valence-electron chi connectivity index (χ0n) is 27.3. The fraction of sp³-hybridized carbons (Fsp3) is 0.824. The molecule has 0 saturated heterocycles. The summed E-state index contributed by atoms with van der Waals surface area (Å²) in [6.07, 6.45) is -5.44. The van der Waals surface area contributed by atoms with Gasteiger partial charge in [0, 0.05) is 12.3 Å². The van der Waals surface area contributed by atoms with Crippen LogP contribution in [-0.2, 0) is 6.42 Å². The molecule has 2 N–H and O–H groups in total. The van der Waals surface area contributed by atoms with Crippen molar-refractivity contribution in [2.75, 3.05) is 20.1 Å². The third kappa shape index (κ3) is 7.60. The zero-order chi connectivity index (χ0) is 35.9. The fourth-order valence-corrected chi connectivity index (χ4v) is 8.89. The molecule has 3 aliphatic rings. The van der Waals surface area contributed by atoms with Gasteiger partial charge >= 0.3 is 23.9 Å². The number of benzene rings is 1. The first-order valence-electron chi connectivity index (χ1n) is 17.0. The van der Waals surface area contributed by atoms with Crippen LogP contribution in [0.5, 0.6) is 5.75 Å². The van der Waals surface area contributed by atoms with Crippen LogP contribution in [0.3, 0.4) is 0 Å². The number of fused-ring (bicyclic) bond motifs is 5. The first kappa shape index (κ1) is 39.0. The van der Waals surface area contributed by atoms with Gasteiger partial charge in [0.25, 0.3) is 0 Å². The molecule has 8 atom stereocenters. The van der Waals surface area contributed by atoms with E-state index in [4.69, 9.17) is 0 Å². The lowest BCUT2D eigenvalue weighted by molar-refractivity contribution is -0.861. The highest BCUT2D eigenvalue weighted by Gasteiger charge is 2.81. The summed E-state index contributed by atoms with van der Waals surface area (Å²) in [4.78, 5) is 0. The van der Waals surface area contributed by atoms with Crippen molar-refractivity contribution < 1.29 is 58.8 Å². The van der Waals surface area contributed by atoms with Gasteiger partial charge in [-0.05, 0) is 111 Å². The van der Waals surface area contributed by atoms with Crippen molar-refractivity contribution in [3.8, 4) is 5.75 Å². The highest BCUT2D eigenvalue weighted by molar-refractivity contribution is 5.41. The number of nitrogens with zero attached hydrogens (tertiary/aromatic N) is 1. The van der Waals surface area contributed by atoms with Crippen molar-refractivity contribution in [2.45, 2.75) is 133 Å². The van der Waals surface area contributed by atoms with Gasteiger partial charge in [-0.25, -0.2) is 4.39 Å². The third-order valence-corrected chi connectivity index (χ3v) is 11.6. The van der Waals surface area contributed by atoms with Crippen LogP contribution in [-0.4, -0.2) is 71.2 Å². The summed E-state index contributed by atoms with van der Waals surface area (Å²) in [5.41, 5.74) is 1.41. The monoisotopic (exact) mass is 707 g/mol. The lowest BCUT2D eigenvalue weighted by Crippen LogP contribution is -2.60. The molecule has 4 rings (SSSR count). The number of hydrogen-bond donors (Lipinski definition) is 2. The molecule has 0 spiro atoms. The van der Waals surface area contributed by atoms with Gasteiger partial charge in [-0.3, -0.25) is 0 Å². The van der Waals surface area contributed by atoms with Gasteiger partial charge in [-0.15, -0.1) is 0 Å². The summed E-state index contributed by atoms with van der Waals surface area (Å²) >= 11 is 0. The molecule has 1 aromatic carbocycles. The van der Waals surface area contributed by atoms with Gasteiger partial charge in [0.05, 0.1) is 26.2 Å². The maximum Gasteiger partial charge on any atom is 0.460 e. The van der Waals surface area contributed by atoms with Gasteiger partial charge in [-0.2, -0.15) is 39.5 Å². The molecule has 2 unspecified atom stereocenters. The maximum atomic E-state index is 15.9. The van der Waals surface area contributed by atoms with E-state index in [1.165, 1.54) is 7.05 Å². The Bertz CT molecular complexity index is 1240. The summed E-state index contributed by atoms with van der Waals surface area (Å²) in [5, 5.41) is 33.8. The van der Waals surface area contributed by atoms with E-state index in [9.17, 15) is 54.9 Å². The van der Waals surface area contributed by atoms with E-state index >= 15 is 4.39 Å². The van der Waals surface area contributed by atoms with E-state index < -0.39 is 59.1 Å². The molecule has 1 aromatic rings. The summed E-state index contributed by atoms with van der Waals surface area (Å²) in [6, 6.07) is 5.15. The Hall–Kier alpha value is -1.80. The van der Waals surface area contributed by atoms with Crippen LogP contribution in [0.2, 0.25) is 0 Å². The molecule has 48 heavy (non-hydrogen) atoms. The Morgan fingerprint density at radius 3 is 2.10 bits per heavy atom. The number of alkyl halides is 10. The molecule has 0 aromatic heterocycles. The predicted octanol–water partition coefficient (Wildman–Crippen LogP) is 9.71. The fourth-order valence-electron chi connectivity index (χ4n) is 8.89. The minimum Gasteiger partial charge on any atom is -0.633 e. The van der Waals surface area contributed by atoms with Gasteiger partial charge in [0.1, 0.15) is 11.9 Å². The number of quaternary nitrogens is 1. The Kier molecular flexibility index (Phi) is 11.4. The van der Waals surface area contributed by atoms with Crippen molar-refractivity contribution in [2.24, 2.45) is 23.2 Å². The minimum absolute atomic E-state index is 0.0563. The minimum atomic E-state index is -6.88. The molecule has 2 saturated carbocycles. The topological polar surface area (TPSA) is 63.5 Å². The lowest BCUT2D eigenvalue weighted by atomic mass is 9.51. The van der Waals surface area contributed by atoms with Gasteiger partial charge in [0.2, 0.25) is 0 Å². The number of hydrogen-bond acceptors (Lipinski definition) is 3. The van der Waals surface area contributed by atoms with Crippen molar-refractivity contribution in [1.82, 2.24) is 0 Å². The van der Waals surface area contributed by atoms with Gasteiger partial charge in [0.15, 0.2) is 0 Å². The van der Waals surface area contributed by atoms with E-state index in [0.29, 0.717) is 25.7 Å². The number of aliphatic hydroxyl groups is 1. The summed E-state index contributed by atoms with van der Waals surface area (Å²) in [7, 11) is 1.44. The highest BCUT2D eigenvalue weighted by atomic mass is 19.4. The predicted molar refractivity (Wildman–Crippen MR) is 160 cm³/mol. The van der Waals surface area contributed by atoms with Crippen LogP contribution in [0.1, 0.15) is 101 Å². The standard InChI is InChI=1S/C34H47F10NO3/c1-30-20-26(35)29-24-12-11-23(46)19-22(24)18-21(28(29)25(30)13-14-27(30)47)10-6-5-9-17-45(2,48)16-8-4-3-7-15-31(36,37)32(38,39)33(40,41)34(42,43)44/h11-12,19,21,25-29,46-47H,3-10,13-18,20H2,1-2H3/t21-,25+,26+,27?,28+,29+,30+,45?/m1/s1. The zero-order valence-corrected chi connectivity index (χ0v) is 27.3. The molecule has 0 amide bonds. The van der Waals surface area contributed by atoms with Gasteiger partial charge in [-0.1, -0.05) is 25.8 Å². The normalized spacial score (nSPS) is 30.8. The Balaban J connectivity index is 1.22. The number of aliphatic hydroxyl groups excluding tert-OH is 1. The van der Waals surface area contributed by atoms with E-state index in [0.717, 1.165) is 36.8 Å². The van der Waals surface area contributed by atoms with Crippen molar-refractivity contribution >= 4 is 0 Å². The molecule has 0 radical (unpaired) electrons. The SMILES string of the molecule is C[C@]12C[C@H](F)[C@@H]3c4ccc(O)cc4C[C@@H](CCCCC[N+](C)([O-])CCCCCCC(F)(F)C(F)(F)C(F)(F)C(F)(F)F)[C@H]3[C@@H]1CCC2O. The number of hydroxylamine groups is 3. The third-order valence-electron chi connectivity index (χ3n) is 11.6. The van der Waals surface area contributed by atoms with Gasteiger partial charge < -0.3 is 20.1 Å². The quantitative estimate of drug-likeness (QED) is 0.0826. The second-order valence-electron chi connectivity index (χ2n) is 15.0. The second-order valence-corrected chi connectivity index (χ2v) is 15.0. The Labute approximate surface area is 275 Å². The smallest absolute Gasteiger partial charge is 0.460 e. The van der Waals surface area contributed by atoms with E-state index in [1.807, 2.05) is 13.0 Å². The molecule has 0 heterocycles. The maximum absolute atomic E-state index is 15.9. The van der Waals surface area contributed by atoms with Crippen LogP contribution < -0.4 is 0 Å². The Morgan fingerprint density at radius 1 is 0.875 bits per heavy atom. The average Bonchev–Trinajstić information content (AvgIpc) is 3.26. The number of phenolic OH excluding ortho intramolecular Hbond substituents is 1. The Morgan fingerprint density at radius 2 is 1.48 bits per heavy atom. The largest absolute Gasteiger partial charge is 0.633 e. The van der Waals surface area contributed by atoms with Crippen molar-refractivity contribution in [3.63, 3.8) is 0 Å². The van der Waals surface area contributed by atoms with E-state index in [2.05, 4.69) is 0 Å². The number of unbranched alkanes of at least 4 members (excludes halogenated alkanes) is 5. The van der Waals surface area contributed by atoms with Crippen molar-refractivity contribution in [3.05, 3.63) is 34.5 Å².